The number of phenols is 1. The van der Waals surface area contributed by atoms with Gasteiger partial charge in [0, 0.05) is 19.8 Å². The van der Waals surface area contributed by atoms with E-state index in [1.807, 2.05) is 63.0 Å². The second-order valence-electron chi connectivity index (χ2n) is 5.26. The molecule has 0 aliphatic rings. The van der Waals surface area contributed by atoms with Crippen LogP contribution in [0.4, 0.5) is 5.69 Å². The minimum atomic E-state index is 0.0727. The van der Waals surface area contributed by atoms with E-state index in [1.165, 1.54) is 5.69 Å². The van der Waals surface area contributed by atoms with Crippen LogP contribution in [0, 0.1) is 0 Å². The van der Waals surface area contributed by atoms with Crippen LogP contribution in [-0.4, -0.2) is 25.4 Å². The summed E-state index contributed by atoms with van der Waals surface area (Å²) in [6.45, 7) is 2.02. The first kappa shape index (κ1) is 15.1. The van der Waals surface area contributed by atoms with Crippen molar-refractivity contribution in [2.75, 3.05) is 19.0 Å². The van der Waals surface area contributed by atoms with Crippen LogP contribution in [0.15, 0.2) is 53.6 Å². The molecular formula is C17H22N3O+. The van der Waals surface area contributed by atoms with Crippen LogP contribution in [0.5, 0.6) is 5.75 Å². The third-order valence-corrected chi connectivity index (χ3v) is 3.37. The SMILES string of the molecule is CC([NH2+]N=Cc1ccc(N(C)C)cc1)c1ccccc1O. The Kier molecular flexibility index (Phi) is 4.95. The van der Waals surface area contributed by atoms with E-state index in [9.17, 15) is 5.11 Å². The monoisotopic (exact) mass is 284 g/mol. The average Bonchev–Trinajstić information content (AvgIpc) is 2.48. The van der Waals surface area contributed by atoms with Gasteiger partial charge in [-0.2, -0.15) is 0 Å². The van der Waals surface area contributed by atoms with Gasteiger partial charge in [0.05, 0.1) is 11.8 Å². The molecule has 0 aliphatic carbocycles. The first-order valence-corrected chi connectivity index (χ1v) is 6.99. The molecule has 0 heterocycles. The van der Waals surface area contributed by atoms with Crippen molar-refractivity contribution in [1.29, 1.82) is 0 Å². The number of quaternary nitrogens is 1. The largest absolute Gasteiger partial charge is 0.507 e. The summed E-state index contributed by atoms with van der Waals surface area (Å²) < 4.78 is 0. The van der Waals surface area contributed by atoms with Gasteiger partial charge >= 0.3 is 0 Å². The molecule has 0 fully saturated rings. The molecule has 0 saturated carbocycles. The minimum Gasteiger partial charge on any atom is -0.507 e. The summed E-state index contributed by atoms with van der Waals surface area (Å²) in [6, 6.07) is 15.6. The highest BCUT2D eigenvalue weighted by atomic mass is 16.3. The van der Waals surface area contributed by atoms with Crippen LogP contribution in [-0.2, 0) is 0 Å². The first-order chi connectivity index (χ1) is 10.1. The predicted molar refractivity (Wildman–Crippen MR) is 86.8 cm³/mol. The van der Waals surface area contributed by atoms with E-state index in [4.69, 9.17) is 0 Å². The summed E-state index contributed by atoms with van der Waals surface area (Å²) >= 11 is 0. The van der Waals surface area contributed by atoms with Gasteiger partial charge in [-0.15, -0.1) is 0 Å². The Morgan fingerprint density at radius 3 is 2.38 bits per heavy atom. The summed E-state index contributed by atoms with van der Waals surface area (Å²) in [5.41, 5.74) is 4.95. The van der Waals surface area contributed by atoms with Gasteiger partial charge < -0.3 is 10.0 Å². The molecule has 1 atom stereocenters. The number of benzene rings is 2. The molecule has 0 spiro atoms. The molecule has 0 aromatic heterocycles. The molecule has 0 amide bonds. The van der Waals surface area contributed by atoms with E-state index in [2.05, 4.69) is 22.1 Å². The van der Waals surface area contributed by atoms with Gasteiger partial charge in [-0.1, -0.05) is 29.4 Å². The van der Waals surface area contributed by atoms with Crippen molar-refractivity contribution in [3.63, 3.8) is 0 Å². The average molecular weight is 284 g/mol. The van der Waals surface area contributed by atoms with Gasteiger partial charge in [0.15, 0.2) is 0 Å². The van der Waals surface area contributed by atoms with Crippen LogP contribution in [0.2, 0.25) is 0 Å². The van der Waals surface area contributed by atoms with E-state index < -0.39 is 0 Å². The normalized spacial score (nSPS) is 12.5. The Morgan fingerprint density at radius 2 is 1.76 bits per heavy atom. The van der Waals surface area contributed by atoms with Gasteiger partial charge in [-0.05, 0) is 36.8 Å². The third kappa shape index (κ3) is 4.07. The number of anilines is 1. The zero-order valence-corrected chi connectivity index (χ0v) is 12.7. The maximum Gasteiger partial charge on any atom is 0.136 e. The zero-order valence-electron chi connectivity index (χ0n) is 12.7. The molecule has 0 bridgehead atoms. The lowest BCUT2D eigenvalue weighted by Crippen LogP contribution is -2.78. The Bertz CT molecular complexity index is 606. The van der Waals surface area contributed by atoms with E-state index in [1.54, 1.807) is 6.07 Å². The van der Waals surface area contributed by atoms with Crippen LogP contribution in [0.1, 0.15) is 24.1 Å². The molecular weight excluding hydrogens is 262 g/mol. The lowest BCUT2D eigenvalue weighted by Gasteiger charge is -2.11. The fraction of sp³-hybridized carbons (Fsp3) is 0.235. The van der Waals surface area contributed by atoms with Gasteiger partial charge in [0.2, 0.25) is 0 Å². The molecule has 3 N–H and O–H groups in total. The highest BCUT2D eigenvalue weighted by Gasteiger charge is 2.11. The molecule has 4 nitrogen and oxygen atoms in total. The molecule has 0 radical (unpaired) electrons. The molecule has 1 unspecified atom stereocenters. The van der Waals surface area contributed by atoms with Gasteiger partial charge in [0.1, 0.15) is 11.8 Å². The van der Waals surface area contributed by atoms with Crippen molar-refractivity contribution in [3.8, 4) is 5.75 Å². The Labute approximate surface area is 125 Å². The number of rotatable bonds is 5. The third-order valence-electron chi connectivity index (χ3n) is 3.37. The van der Waals surface area contributed by atoms with E-state index in [-0.39, 0.29) is 6.04 Å². The second kappa shape index (κ2) is 6.90. The van der Waals surface area contributed by atoms with Crippen molar-refractivity contribution >= 4 is 11.9 Å². The van der Waals surface area contributed by atoms with Crippen molar-refractivity contribution in [3.05, 3.63) is 59.7 Å². The van der Waals surface area contributed by atoms with Crippen molar-refractivity contribution in [1.82, 2.24) is 0 Å². The van der Waals surface area contributed by atoms with Crippen LogP contribution in [0.25, 0.3) is 0 Å². The molecule has 2 rings (SSSR count). The maximum atomic E-state index is 9.80. The second-order valence-corrected chi connectivity index (χ2v) is 5.26. The van der Waals surface area contributed by atoms with Crippen LogP contribution < -0.4 is 10.3 Å². The lowest BCUT2D eigenvalue weighted by atomic mass is 10.1. The van der Waals surface area contributed by atoms with Gasteiger partial charge in [-0.3, -0.25) is 0 Å². The van der Waals surface area contributed by atoms with E-state index in [0.717, 1.165) is 11.1 Å². The highest BCUT2D eigenvalue weighted by molar-refractivity contribution is 5.79. The van der Waals surface area contributed by atoms with E-state index >= 15 is 0 Å². The summed E-state index contributed by atoms with van der Waals surface area (Å²) in [6.07, 6.45) is 1.83. The van der Waals surface area contributed by atoms with Crippen molar-refractivity contribution in [2.45, 2.75) is 13.0 Å². The Balaban J connectivity index is 1.97. The molecule has 2 aromatic rings. The number of nitrogens with two attached hydrogens (primary N) is 1. The topological polar surface area (TPSA) is 52.4 Å². The summed E-state index contributed by atoms with van der Waals surface area (Å²) in [7, 11) is 4.04. The predicted octanol–water partition coefficient (Wildman–Crippen LogP) is 2.12. The first-order valence-electron chi connectivity index (χ1n) is 6.99. The number of nitrogens with zero attached hydrogens (tertiary/aromatic N) is 2. The summed E-state index contributed by atoms with van der Waals surface area (Å²) in [4.78, 5) is 2.06. The van der Waals surface area contributed by atoms with Gasteiger partial charge in [-0.25, -0.2) is 5.43 Å². The zero-order chi connectivity index (χ0) is 15.2. The quantitative estimate of drug-likeness (QED) is 0.502. The standard InChI is InChI=1S/C17H21N3O/c1-13(16-6-4-5-7-17(16)21)19-18-12-14-8-10-15(11-9-14)20(2)3/h4-13,19,21H,1-3H3/p+1. The Morgan fingerprint density at radius 1 is 1.10 bits per heavy atom. The summed E-state index contributed by atoms with van der Waals surface area (Å²) in [5.74, 6) is 0.312. The lowest BCUT2D eigenvalue weighted by molar-refractivity contribution is -0.698. The Hall–Kier alpha value is -2.33. The minimum absolute atomic E-state index is 0.0727. The number of para-hydroxylation sites is 1. The fourth-order valence-electron chi connectivity index (χ4n) is 2.07. The molecule has 21 heavy (non-hydrogen) atoms. The molecule has 0 saturated heterocycles. The number of hydrogen-bond donors (Lipinski definition) is 2. The molecule has 4 heteroatoms. The molecule has 110 valence electrons. The highest BCUT2D eigenvalue weighted by Crippen LogP contribution is 2.20. The summed E-state index contributed by atoms with van der Waals surface area (Å²) in [5, 5.41) is 14.2. The molecule has 0 aliphatic heterocycles. The van der Waals surface area contributed by atoms with Crippen LogP contribution >= 0.6 is 0 Å². The molecule has 2 aromatic carbocycles. The smallest absolute Gasteiger partial charge is 0.136 e. The van der Waals surface area contributed by atoms with Crippen molar-refractivity contribution < 1.29 is 10.5 Å². The van der Waals surface area contributed by atoms with Gasteiger partial charge in [0.25, 0.3) is 0 Å². The van der Waals surface area contributed by atoms with Crippen LogP contribution in [0.3, 0.4) is 0 Å². The van der Waals surface area contributed by atoms with E-state index in [0.29, 0.717) is 5.75 Å². The number of aromatic hydroxyl groups is 1. The number of hydrogen-bond acceptors (Lipinski definition) is 3. The number of phenolic OH excluding ortho intramolecular Hbond substituents is 1. The maximum absolute atomic E-state index is 9.80. The van der Waals surface area contributed by atoms with Crippen molar-refractivity contribution in [2.24, 2.45) is 5.10 Å². The fourth-order valence-corrected chi connectivity index (χ4v) is 2.07.